The van der Waals surface area contributed by atoms with Gasteiger partial charge in [-0.1, -0.05) is 30.3 Å². The highest BCUT2D eigenvalue weighted by Gasteiger charge is 2.48. The molecule has 1 aliphatic heterocycles. The first-order valence-electron chi connectivity index (χ1n) is 11.6. The maximum atomic E-state index is 13.5. The average molecular weight is 508 g/mol. The van der Waals surface area contributed by atoms with E-state index >= 15 is 0 Å². The molecule has 0 saturated carbocycles. The summed E-state index contributed by atoms with van der Waals surface area (Å²) in [4.78, 5) is 50.0. The number of benzene rings is 3. The third-order valence-electron chi connectivity index (χ3n) is 6.66. The third kappa shape index (κ3) is 3.50. The van der Waals surface area contributed by atoms with Crippen LogP contribution in [0.4, 0.5) is 5.95 Å². The quantitative estimate of drug-likeness (QED) is 0.156. The van der Waals surface area contributed by atoms with Gasteiger partial charge in [-0.05, 0) is 42.0 Å². The number of aromatic carboxylic acids is 1. The Kier molecular flexibility index (Phi) is 5.23. The number of aliphatic hydroxyl groups excluding tert-OH is 1. The van der Waals surface area contributed by atoms with Crippen molar-refractivity contribution in [3.63, 3.8) is 0 Å². The molecule has 5 aromatic rings. The van der Waals surface area contributed by atoms with E-state index in [0.717, 1.165) is 5.52 Å². The SMILES string of the molecule is COc1ccc(C2/C(=C(\O)c3c[nH]c4ccccc34)C(=O)C(=O)N2c2nc3ccc(C(=O)O)cc3[nH]2)cc1. The van der Waals surface area contributed by atoms with Gasteiger partial charge in [-0.15, -0.1) is 0 Å². The summed E-state index contributed by atoms with van der Waals surface area (Å²) in [5.41, 5.74) is 2.42. The van der Waals surface area contributed by atoms with Gasteiger partial charge >= 0.3 is 11.9 Å². The van der Waals surface area contributed by atoms with E-state index in [-0.39, 0.29) is 22.8 Å². The van der Waals surface area contributed by atoms with Gasteiger partial charge < -0.3 is 24.9 Å². The molecule has 10 heteroatoms. The maximum absolute atomic E-state index is 13.5. The number of aromatic amines is 2. The van der Waals surface area contributed by atoms with E-state index in [1.54, 1.807) is 36.5 Å². The number of carbonyl (C=O) groups excluding carboxylic acids is 2. The number of rotatable bonds is 5. The van der Waals surface area contributed by atoms with Gasteiger partial charge in [0.25, 0.3) is 5.78 Å². The molecule has 1 unspecified atom stereocenters. The number of aromatic nitrogens is 3. The summed E-state index contributed by atoms with van der Waals surface area (Å²) in [6.45, 7) is 0. The number of H-pyrrole nitrogens is 2. The second kappa shape index (κ2) is 8.63. The highest BCUT2D eigenvalue weighted by Crippen LogP contribution is 2.43. The lowest BCUT2D eigenvalue weighted by molar-refractivity contribution is -0.132. The van der Waals surface area contributed by atoms with Crippen LogP contribution >= 0.6 is 0 Å². The normalized spacial score (nSPS) is 17.0. The Morgan fingerprint density at radius 3 is 2.50 bits per heavy atom. The third-order valence-corrected chi connectivity index (χ3v) is 6.66. The first kappa shape index (κ1) is 23.0. The molecule has 0 aliphatic carbocycles. The number of aliphatic hydroxyl groups is 1. The summed E-state index contributed by atoms with van der Waals surface area (Å²) in [5, 5.41) is 21.5. The van der Waals surface area contributed by atoms with E-state index in [1.165, 1.54) is 30.2 Å². The number of imidazole rings is 1. The Morgan fingerprint density at radius 1 is 1.00 bits per heavy atom. The molecule has 3 aromatic carbocycles. The minimum atomic E-state index is -1.11. The largest absolute Gasteiger partial charge is 0.507 e. The van der Waals surface area contributed by atoms with Crippen LogP contribution in [0, 0.1) is 0 Å². The molecule has 6 rings (SSSR count). The number of anilines is 1. The number of Topliss-reactive ketones (excluding diaryl/α,β-unsaturated/α-hetero) is 1. The highest BCUT2D eigenvalue weighted by atomic mass is 16.5. The van der Waals surface area contributed by atoms with Crippen LogP contribution in [0.2, 0.25) is 0 Å². The predicted molar refractivity (Wildman–Crippen MR) is 139 cm³/mol. The van der Waals surface area contributed by atoms with Crippen molar-refractivity contribution in [1.82, 2.24) is 15.0 Å². The molecule has 4 N–H and O–H groups in total. The molecule has 3 heterocycles. The molecule has 1 aliphatic rings. The number of carboxylic acid groups (broad SMARTS) is 1. The molecule has 38 heavy (non-hydrogen) atoms. The molecule has 0 radical (unpaired) electrons. The smallest absolute Gasteiger partial charge is 0.335 e. The van der Waals surface area contributed by atoms with Crippen molar-refractivity contribution in [2.45, 2.75) is 6.04 Å². The van der Waals surface area contributed by atoms with Gasteiger partial charge in [0.15, 0.2) is 0 Å². The monoisotopic (exact) mass is 508 g/mol. The standard InChI is InChI=1S/C28H20N4O6/c1-38-16-9-6-14(7-10-16)23-22(24(33)18-13-29-19-5-3-2-4-17(18)19)25(34)26(35)32(23)28-30-20-11-8-15(27(36)37)12-21(20)31-28/h2-13,23,29,33H,1H3,(H,30,31)(H,36,37)/b24-22+. The molecule has 0 spiro atoms. The lowest BCUT2D eigenvalue weighted by Crippen LogP contribution is -2.30. The Balaban J connectivity index is 1.56. The molecule has 188 valence electrons. The summed E-state index contributed by atoms with van der Waals surface area (Å²) in [6.07, 6.45) is 1.59. The number of hydrogen-bond donors (Lipinski definition) is 4. The van der Waals surface area contributed by atoms with Crippen LogP contribution in [0.25, 0.3) is 27.7 Å². The molecular formula is C28H20N4O6. The fraction of sp³-hybridized carbons (Fsp3) is 0.0714. The predicted octanol–water partition coefficient (Wildman–Crippen LogP) is 4.38. The van der Waals surface area contributed by atoms with Gasteiger partial charge in [0.2, 0.25) is 5.95 Å². The fourth-order valence-corrected chi connectivity index (χ4v) is 4.81. The van der Waals surface area contributed by atoms with E-state index in [2.05, 4.69) is 15.0 Å². The number of nitrogens with zero attached hydrogens (tertiary/aromatic N) is 2. The van der Waals surface area contributed by atoms with Crippen molar-refractivity contribution in [2.75, 3.05) is 12.0 Å². The van der Waals surface area contributed by atoms with Gasteiger partial charge in [0.1, 0.15) is 11.5 Å². The first-order chi connectivity index (χ1) is 18.4. The summed E-state index contributed by atoms with van der Waals surface area (Å²) < 4.78 is 5.26. The molecule has 2 aromatic heterocycles. The molecular weight excluding hydrogens is 488 g/mol. The van der Waals surface area contributed by atoms with Crippen LogP contribution in [0.5, 0.6) is 5.75 Å². The first-order valence-corrected chi connectivity index (χ1v) is 11.6. The molecule has 1 atom stereocenters. The molecule has 1 fully saturated rings. The van der Waals surface area contributed by atoms with E-state index in [9.17, 15) is 24.6 Å². The number of carboxylic acids is 1. The summed E-state index contributed by atoms with van der Waals surface area (Å²) in [6, 6.07) is 17.4. The van der Waals surface area contributed by atoms with Crippen molar-refractivity contribution in [3.8, 4) is 5.75 Å². The maximum Gasteiger partial charge on any atom is 0.335 e. The zero-order chi connectivity index (χ0) is 26.6. The number of nitrogens with one attached hydrogen (secondary N) is 2. The van der Waals surface area contributed by atoms with Crippen molar-refractivity contribution in [2.24, 2.45) is 0 Å². The molecule has 10 nitrogen and oxygen atoms in total. The number of hydrogen-bond acceptors (Lipinski definition) is 6. The van der Waals surface area contributed by atoms with E-state index < -0.39 is 23.7 Å². The van der Waals surface area contributed by atoms with Gasteiger partial charge in [-0.3, -0.25) is 14.5 Å². The highest BCUT2D eigenvalue weighted by molar-refractivity contribution is 6.51. The summed E-state index contributed by atoms with van der Waals surface area (Å²) >= 11 is 0. The Labute approximate surface area is 214 Å². The van der Waals surface area contributed by atoms with Crippen LogP contribution < -0.4 is 9.64 Å². The second-order valence-electron chi connectivity index (χ2n) is 8.79. The number of ketones is 1. The molecule has 1 saturated heterocycles. The number of fused-ring (bicyclic) bond motifs is 2. The lowest BCUT2D eigenvalue weighted by Gasteiger charge is -2.23. The van der Waals surface area contributed by atoms with Crippen molar-refractivity contribution >= 4 is 51.3 Å². The minimum Gasteiger partial charge on any atom is -0.507 e. The number of amides is 1. The molecule has 1 amide bonds. The average Bonchev–Trinajstić information content (AvgIpc) is 3.62. The zero-order valence-corrected chi connectivity index (χ0v) is 19.9. The number of methoxy groups -OCH3 is 1. The fourth-order valence-electron chi connectivity index (χ4n) is 4.81. The van der Waals surface area contributed by atoms with Crippen LogP contribution in [-0.2, 0) is 9.59 Å². The van der Waals surface area contributed by atoms with Crippen molar-refractivity contribution in [3.05, 3.63) is 95.2 Å². The number of para-hydroxylation sites is 1. The van der Waals surface area contributed by atoms with Crippen molar-refractivity contribution in [1.29, 1.82) is 0 Å². The minimum absolute atomic E-state index is 0.0424. The topological polar surface area (TPSA) is 149 Å². The second-order valence-corrected chi connectivity index (χ2v) is 8.79. The molecule has 0 bridgehead atoms. The van der Waals surface area contributed by atoms with Gasteiger partial charge in [0, 0.05) is 22.7 Å². The van der Waals surface area contributed by atoms with Gasteiger partial charge in [-0.25, -0.2) is 9.78 Å². The summed E-state index contributed by atoms with van der Waals surface area (Å²) in [7, 11) is 1.53. The Bertz CT molecular complexity index is 1800. The van der Waals surface area contributed by atoms with E-state index in [1.807, 2.05) is 18.2 Å². The van der Waals surface area contributed by atoms with Crippen LogP contribution in [0.1, 0.15) is 27.5 Å². The van der Waals surface area contributed by atoms with Crippen LogP contribution in [0.15, 0.2) is 78.5 Å². The van der Waals surface area contributed by atoms with Crippen molar-refractivity contribution < 1.29 is 29.3 Å². The van der Waals surface area contributed by atoms with E-state index in [0.29, 0.717) is 33.3 Å². The Hall–Kier alpha value is -5.38. The lowest BCUT2D eigenvalue weighted by atomic mass is 9.95. The van der Waals surface area contributed by atoms with E-state index in [4.69, 9.17) is 4.74 Å². The van der Waals surface area contributed by atoms with Gasteiger partial charge in [-0.2, -0.15) is 0 Å². The van der Waals surface area contributed by atoms with Crippen LogP contribution in [-0.4, -0.2) is 49.9 Å². The Morgan fingerprint density at radius 2 is 1.76 bits per heavy atom. The zero-order valence-electron chi connectivity index (χ0n) is 19.9. The number of carbonyl (C=O) groups is 3. The van der Waals surface area contributed by atoms with Gasteiger partial charge in [0.05, 0.1) is 35.3 Å². The van der Waals surface area contributed by atoms with Crippen LogP contribution in [0.3, 0.4) is 0 Å². The summed E-state index contributed by atoms with van der Waals surface area (Å²) in [5.74, 6) is -2.57. The number of ether oxygens (including phenoxy) is 1.